The van der Waals surface area contributed by atoms with Gasteiger partial charge in [0.2, 0.25) is 0 Å². The van der Waals surface area contributed by atoms with E-state index in [1.165, 1.54) is 23.1 Å². The molecule has 0 bridgehead atoms. The fraction of sp³-hybridized carbons (Fsp3) is 0.333. The van der Waals surface area contributed by atoms with Crippen LogP contribution in [0.4, 0.5) is 23.7 Å². The summed E-state index contributed by atoms with van der Waals surface area (Å²) in [6.07, 6.45) is 1.74. The van der Waals surface area contributed by atoms with Gasteiger partial charge in [0.15, 0.2) is 5.75 Å². The summed E-state index contributed by atoms with van der Waals surface area (Å²) in [6.45, 7) is -3.05. The van der Waals surface area contributed by atoms with E-state index in [9.17, 15) is 22.8 Å². The third kappa shape index (κ3) is 4.40. The van der Waals surface area contributed by atoms with Gasteiger partial charge in [-0.2, -0.15) is 8.78 Å². The Hall–Kier alpha value is -2.71. The fourth-order valence-electron chi connectivity index (χ4n) is 2.13. The molecule has 1 heterocycles. The van der Waals surface area contributed by atoms with Gasteiger partial charge < -0.3 is 19.7 Å². The van der Waals surface area contributed by atoms with Crippen LogP contribution in [0.15, 0.2) is 30.1 Å². The standard InChI is InChI=1S/C15H15F3N2O4/c1-23-13(21)9-4-5-11(12(7-9)24-14(17)18)19-15(22)20-6-2-3-10(16)8-20/h3-5,7,14H,2,6,8H2,1H3,(H,19,22). The van der Waals surface area contributed by atoms with E-state index in [1.54, 1.807) is 0 Å². The Morgan fingerprint density at radius 2 is 2.08 bits per heavy atom. The number of halogens is 3. The van der Waals surface area contributed by atoms with Crippen molar-refractivity contribution >= 4 is 17.7 Å². The molecular formula is C15H15F3N2O4. The maximum atomic E-state index is 13.2. The average Bonchev–Trinajstić information content (AvgIpc) is 2.55. The summed E-state index contributed by atoms with van der Waals surface area (Å²) >= 11 is 0. The Balaban J connectivity index is 2.20. The lowest BCUT2D eigenvalue weighted by Crippen LogP contribution is -2.38. The van der Waals surface area contributed by atoms with E-state index >= 15 is 0 Å². The van der Waals surface area contributed by atoms with Crippen molar-refractivity contribution in [1.82, 2.24) is 4.90 Å². The van der Waals surface area contributed by atoms with Gasteiger partial charge in [-0.25, -0.2) is 14.0 Å². The van der Waals surface area contributed by atoms with Crippen molar-refractivity contribution in [3.63, 3.8) is 0 Å². The smallest absolute Gasteiger partial charge is 0.387 e. The molecule has 130 valence electrons. The second-order valence-corrected chi connectivity index (χ2v) is 4.87. The number of esters is 1. The van der Waals surface area contributed by atoms with Crippen molar-refractivity contribution in [2.75, 3.05) is 25.5 Å². The van der Waals surface area contributed by atoms with Crippen LogP contribution in [-0.2, 0) is 4.74 Å². The molecule has 1 aliphatic rings. The second kappa shape index (κ2) is 7.71. The number of alkyl halides is 2. The van der Waals surface area contributed by atoms with E-state index in [-0.39, 0.29) is 17.8 Å². The summed E-state index contributed by atoms with van der Waals surface area (Å²) in [6, 6.07) is 2.89. The molecule has 0 unspecified atom stereocenters. The molecule has 0 saturated heterocycles. The van der Waals surface area contributed by atoms with Gasteiger partial charge in [-0.3, -0.25) is 0 Å². The molecular weight excluding hydrogens is 329 g/mol. The molecule has 24 heavy (non-hydrogen) atoms. The quantitative estimate of drug-likeness (QED) is 0.852. The monoisotopic (exact) mass is 344 g/mol. The third-order valence-electron chi connectivity index (χ3n) is 3.25. The minimum absolute atomic E-state index is 0.0156. The first-order valence-electron chi connectivity index (χ1n) is 6.98. The lowest BCUT2D eigenvalue weighted by atomic mass is 10.2. The molecule has 0 saturated carbocycles. The topological polar surface area (TPSA) is 67.9 Å². The summed E-state index contributed by atoms with van der Waals surface area (Å²) in [5.74, 6) is -1.58. The number of nitrogens with one attached hydrogen (secondary N) is 1. The van der Waals surface area contributed by atoms with Gasteiger partial charge in [0.1, 0.15) is 5.83 Å². The lowest BCUT2D eigenvalue weighted by Gasteiger charge is -2.25. The highest BCUT2D eigenvalue weighted by Gasteiger charge is 2.21. The number of benzene rings is 1. The SMILES string of the molecule is COC(=O)c1ccc(NC(=O)N2CCC=C(F)C2)c(OC(F)F)c1. The van der Waals surface area contributed by atoms with Gasteiger partial charge in [0.25, 0.3) is 0 Å². The van der Waals surface area contributed by atoms with Crippen LogP contribution < -0.4 is 10.1 Å². The molecule has 0 atom stereocenters. The molecule has 6 nitrogen and oxygen atoms in total. The van der Waals surface area contributed by atoms with E-state index in [0.29, 0.717) is 13.0 Å². The van der Waals surface area contributed by atoms with Crippen LogP contribution in [0.5, 0.6) is 5.75 Å². The zero-order valence-electron chi connectivity index (χ0n) is 12.7. The molecule has 0 fully saturated rings. The van der Waals surface area contributed by atoms with Crippen molar-refractivity contribution in [3.8, 4) is 5.75 Å². The van der Waals surface area contributed by atoms with Crippen LogP contribution in [0.3, 0.4) is 0 Å². The van der Waals surface area contributed by atoms with Gasteiger partial charge in [-0.1, -0.05) is 0 Å². The number of hydrogen-bond acceptors (Lipinski definition) is 4. The largest absolute Gasteiger partial charge is 0.465 e. The minimum atomic E-state index is -3.15. The Bertz CT molecular complexity index is 664. The first-order valence-corrected chi connectivity index (χ1v) is 6.98. The van der Waals surface area contributed by atoms with Crippen molar-refractivity contribution in [2.45, 2.75) is 13.0 Å². The number of rotatable bonds is 4. The van der Waals surface area contributed by atoms with E-state index < -0.39 is 30.2 Å². The van der Waals surface area contributed by atoms with Crippen LogP contribution in [0.2, 0.25) is 0 Å². The maximum Gasteiger partial charge on any atom is 0.387 e. The molecule has 2 rings (SSSR count). The van der Waals surface area contributed by atoms with Crippen molar-refractivity contribution in [3.05, 3.63) is 35.7 Å². The highest BCUT2D eigenvalue weighted by molar-refractivity contribution is 5.94. The maximum absolute atomic E-state index is 13.2. The van der Waals surface area contributed by atoms with Crippen molar-refractivity contribution < 1.29 is 32.2 Å². The Labute approximate surface area is 135 Å². The van der Waals surface area contributed by atoms with E-state index in [1.807, 2.05) is 0 Å². The van der Waals surface area contributed by atoms with E-state index in [2.05, 4.69) is 14.8 Å². The summed E-state index contributed by atoms with van der Waals surface area (Å²) in [7, 11) is 1.14. The normalized spacial score (nSPS) is 14.2. The molecule has 0 radical (unpaired) electrons. The van der Waals surface area contributed by atoms with Gasteiger partial charge >= 0.3 is 18.6 Å². The number of hydrogen-bond donors (Lipinski definition) is 1. The predicted octanol–water partition coefficient (Wildman–Crippen LogP) is 3.17. The molecule has 1 N–H and O–H groups in total. The number of anilines is 1. The van der Waals surface area contributed by atoms with Crippen molar-refractivity contribution in [1.29, 1.82) is 0 Å². The Morgan fingerprint density at radius 1 is 1.33 bits per heavy atom. The van der Waals surface area contributed by atoms with Gasteiger partial charge in [-0.15, -0.1) is 0 Å². The highest BCUT2D eigenvalue weighted by atomic mass is 19.3. The predicted molar refractivity (Wildman–Crippen MR) is 78.8 cm³/mol. The number of carbonyl (C=O) groups excluding carboxylic acids is 2. The van der Waals surface area contributed by atoms with E-state index in [4.69, 9.17) is 0 Å². The molecule has 0 aliphatic carbocycles. The average molecular weight is 344 g/mol. The number of amides is 2. The molecule has 2 amide bonds. The zero-order valence-corrected chi connectivity index (χ0v) is 12.7. The molecule has 1 aliphatic heterocycles. The Morgan fingerprint density at radius 3 is 2.71 bits per heavy atom. The number of nitrogens with zero attached hydrogens (tertiary/aromatic N) is 1. The van der Waals surface area contributed by atoms with Gasteiger partial charge in [0, 0.05) is 6.54 Å². The van der Waals surface area contributed by atoms with Crippen molar-refractivity contribution in [2.24, 2.45) is 0 Å². The van der Waals surface area contributed by atoms with Crippen LogP contribution in [0.25, 0.3) is 0 Å². The number of urea groups is 1. The molecule has 0 aromatic heterocycles. The Kier molecular flexibility index (Phi) is 5.67. The summed E-state index contributed by atoms with van der Waals surface area (Å²) in [4.78, 5) is 24.8. The summed E-state index contributed by atoms with van der Waals surface area (Å²) in [5.41, 5.74) is -0.0824. The van der Waals surface area contributed by atoms with Gasteiger partial charge in [-0.05, 0) is 30.7 Å². The first kappa shape index (κ1) is 17.6. The number of ether oxygens (including phenoxy) is 2. The molecule has 1 aromatic rings. The fourth-order valence-corrected chi connectivity index (χ4v) is 2.13. The summed E-state index contributed by atoms with van der Waals surface area (Å²) < 4.78 is 47.1. The van der Waals surface area contributed by atoms with Gasteiger partial charge in [0.05, 0.1) is 24.9 Å². The third-order valence-corrected chi connectivity index (χ3v) is 3.25. The van der Waals surface area contributed by atoms with Crippen LogP contribution >= 0.6 is 0 Å². The highest BCUT2D eigenvalue weighted by Crippen LogP contribution is 2.28. The van der Waals surface area contributed by atoms with E-state index in [0.717, 1.165) is 13.2 Å². The first-order chi connectivity index (χ1) is 11.4. The molecule has 1 aromatic carbocycles. The summed E-state index contributed by atoms with van der Waals surface area (Å²) in [5, 5.41) is 2.37. The minimum Gasteiger partial charge on any atom is -0.465 e. The second-order valence-electron chi connectivity index (χ2n) is 4.87. The number of carbonyl (C=O) groups is 2. The lowest BCUT2D eigenvalue weighted by molar-refractivity contribution is -0.0494. The number of methoxy groups -OCH3 is 1. The van der Waals surface area contributed by atoms with Crippen LogP contribution in [-0.4, -0.2) is 43.7 Å². The molecule has 9 heteroatoms. The zero-order chi connectivity index (χ0) is 17.7. The van der Waals surface area contributed by atoms with Crippen LogP contribution in [0, 0.1) is 0 Å². The molecule has 0 spiro atoms. The van der Waals surface area contributed by atoms with Crippen LogP contribution in [0.1, 0.15) is 16.8 Å².